The predicted octanol–water partition coefficient (Wildman–Crippen LogP) is 2.93. The number of carbonyl (C=O) groups excluding carboxylic acids is 1. The molecular formula is C24H26N8O2. The summed E-state index contributed by atoms with van der Waals surface area (Å²) in [5.74, 6) is 0.449. The van der Waals surface area contributed by atoms with Crippen LogP contribution in [0.5, 0.6) is 5.88 Å². The molecule has 10 heteroatoms. The van der Waals surface area contributed by atoms with E-state index in [1.807, 2.05) is 53.0 Å². The largest absolute Gasteiger partial charge is 0.481 e. The van der Waals surface area contributed by atoms with Crippen molar-refractivity contribution in [3.05, 3.63) is 66.5 Å². The summed E-state index contributed by atoms with van der Waals surface area (Å²) in [6, 6.07) is 9.35. The Morgan fingerprint density at radius 1 is 1.09 bits per heavy atom. The number of ether oxygens (including phenoxy) is 1. The maximum absolute atomic E-state index is 13.7. The Hall–Kier alpha value is -4.08. The first-order chi connectivity index (χ1) is 16.6. The molecule has 1 fully saturated rings. The molecule has 0 aliphatic carbocycles. The van der Waals surface area contributed by atoms with Crippen molar-refractivity contribution < 1.29 is 9.53 Å². The van der Waals surface area contributed by atoms with Crippen LogP contribution >= 0.6 is 0 Å². The third-order valence-electron chi connectivity index (χ3n) is 6.00. The molecule has 5 rings (SSSR count). The quantitative estimate of drug-likeness (QED) is 0.438. The van der Waals surface area contributed by atoms with Crippen LogP contribution < -0.4 is 4.74 Å². The van der Waals surface area contributed by atoms with Crippen LogP contribution in [0.3, 0.4) is 0 Å². The van der Waals surface area contributed by atoms with E-state index in [-0.39, 0.29) is 11.9 Å². The molecule has 0 N–H and O–H groups in total. The van der Waals surface area contributed by atoms with Crippen molar-refractivity contribution in [1.29, 1.82) is 0 Å². The SMILES string of the molecule is COc1cccc(-c2cnn(C[C@@H]3CCCCN3C(=O)c3nc(C)ccc3-n3nccn3)c2)n1. The topological polar surface area (TPSA) is 104 Å². The summed E-state index contributed by atoms with van der Waals surface area (Å²) < 4.78 is 7.11. The fourth-order valence-corrected chi connectivity index (χ4v) is 4.30. The summed E-state index contributed by atoms with van der Waals surface area (Å²) >= 11 is 0. The maximum Gasteiger partial charge on any atom is 0.275 e. The van der Waals surface area contributed by atoms with E-state index in [1.54, 1.807) is 25.7 Å². The van der Waals surface area contributed by atoms with Crippen LogP contribution in [0.4, 0.5) is 0 Å². The van der Waals surface area contributed by atoms with Crippen LogP contribution in [0.25, 0.3) is 16.9 Å². The molecule has 1 saturated heterocycles. The molecule has 0 aromatic carbocycles. The number of carbonyl (C=O) groups is 1. The van der Waals surface area contributed by atoms with Gasteiger partial charge in [0.25, 0.3) is 5.91 Å². The molecule has 174 valence electrons. The van der Waals surface area contributed by atoms with E-state index in [0.717, 1.165) is 36.2 Å². The molecule has 0 saturated carbocycles. The molecule has 0 radical (unpaired) electrons. The van der Waals surface area contributed by atoms with E-state index in [4.69, 9.17) is 4.74 Å². The molecule has 1 amide bonds. The van der Waals surface area contributed by atoms with Gasteiger partial charge in [-0.2, -0.15) is 15.3 Å². The first kappa shape index (κ1) is 21.7. The fourth-order valence-electron chi connectivity index (χ4n) is 4.30. The summed E-state index contributed by atoms with van der Waals surface area (Å²) in [6.45, 7) is 3.15. The van der Waals surface area contributed by atoms with Gasteiger partial charge in [0.05, 0.1) is 44.0 Å². The third kappa shape index (κ3) is 4.39. The van der Waals surface area contributed by atoms with Crippen LogP contribution in [0.1, 0.15) is 35.4 Å². The van der Waals surface area contributed by atoms with Crippen molar-refractivity contribution in [2.75, 3.05) is 13.7 Å². The van der Waals surface area contributed by atoms with Crippen LogP contribution in [0, 0.1) is 6.92 Å². The number of likely N-dealkylation sites (tertiary alicyclic amines) is 1. The first-order valence-corrected chi connectivity index (χ1v) is 11.3. The Morgan fingerprint density at radius 2 is 1.94 bits per heavy atom. The van der Waals surface area contributed by atoms with Gasteiger partial charge in [0.15, 0.2) is 5.69 Å². The van der Waals surface area contributed by atoms with Crippen molar-refractivity contribution in [2.24, 2.45) is 0 Å². The van der Waals surface area contributed by atoms with Gasteiger partial charge in [-0.1, -0.05) is 6.07 Å². The minimum atomic E-state index is -0.109. The number of aromatic nitrogens is 7. The number of piperidine rings is 1. The van der Waals surface area contributed by atoms with Crippen molar-refractivity contribution >= 4 is 5.91 Å². The molecule has 0 unspecified atom stereocenters. The summed E-state index contributed by atoms with van der Waals surface area (Å²) in [5.41, 5.74) is 3.41. The highest BCUT2D eigenvalue weighted by Gasteiger charge is 2.31. The third-order valence-corrected chi connectivity index (χ3v) is 6.00. The molecule has 1 atom stereocenters. The Balaban J connectivity index is 1.39. The second-order valence-electron chi connectivity index (χ2n) is 8.30. The minimum absolute atomic E-state index is 0.00742. The summed E-state index contributed by atoms with van der Waals surface area (Å²) in [5, 5.41) is 12.9. The number of amides is 1. The lowest BCUT2D eigenvalue weighted by Gasteiger charge is -2.35. The second-order valence-corrected chi connectivity index (χ2v) is 8.30. The first-order valence-electron chi connectivity index (χ1n) is 11.3. The van der Waals surface area contributed by atoms with Gasteiger partial charge in [0.1, 0.15) is 5.69 Å². The molecule has 1 aliphatic heterocycles. The standard InChI is InChI=1S/C24H26N8O2/c1-17-9-10-21(32-25-11-12-26-32)23(28-17)24(33)31-13-4-3-6-19(31)16-30-15-18(14-27-30)20-7-5-8-22(29-20)34-2/h5,7-12,14-15,19H,3-4,6,13,16H2,1-2H3/t19-/m0/s1. The van der Waals surface area contributed by atoms with E-state index in [0.29, 0.717) is 30.4 Å². The number of nitrogens with zero attached hydrogens (tertiary/aromatic N) is 8. The minimum Gasteiger partial charge on any atom is -0.481 e. The Morgan fingerprint density at radius 3 is 2.76 bits per heavy atom. The number of methoxy groups -OCH3 is 1. The Bertz CT molecular complexity index is 1280. The summed E-state index contributed by atoms with van der Waals surface area (Å²) in [7, 11) is 1.60. The van der Waals surface area contributed by atoms with Gasteiger partial charge in [-0.15, -0.1) is 4.80 Å². The second kappa shape index (κ2) is 9.42. The van der Waals surface area contributed by atoms with Crippen LogP contribution in [-0.4, -0.2) is 65.2 Å². The smallest absolute Gasteiger partial charge is 0.275 e. The van der Waals surface area contributed by atoms with Crippen molar-refractivity contribution in [1.82, 2.24) is 39.6 Å². The van der Waals surface area contributed by atoms with E-state index in [9.17, 15) is 4.79 Å². The van der Waals surface area contributed by atoms with Crippen LogP contribution in [0.2, 0.25) is 0 Å². The molecule has 4 aromatic heterocycles. The van der Waals surface area contributed by atoms with E-state index < -0.39 is 0 Å². The van der Waals surface area contributed by atoms with Crippen LogP contribution in [0.15, 0.2) is 55.1 Å². The molecule has 4 aromatic rings. The number of rotatable bonds is 6. The highest BCUT2D eigenvalue weighted by Crippen LogP contribution is 2.24. The Labute approximate surface area is 197 Å². The molecule has 34 heavy (non-hydrogen) atoms. The molecular weight excluding hydrogens is 432 g/mol. The summed E-state index contributed by atoms with van der Waals surface area (Å²) in [6.07, 6.45) is 9.85. The average molecular weight is 459 g/mol. The highest BCUT2D eigenvalue weighted by atomic mass is 16.5. The lowest BCUT2D eigenvalue weighted by molar-refractivity contribution is 0.0577. The lowest BCUT2D eigenvalue weighted by atomic mass is 10.0. The average Bonchev–Trinajstić information content (AvgIpc) is 3.57. The molecule has 0 bridgehead atoms. The van der Waals surface area contributed by atoms with Gasteiger partial charge < -0.3 is 9.64 Å². The van der Waals surface area contributed by atoms with Crippen molar-refractivity contribution in [2.45, 2.75) is 38.8 Å². The number of pyridine rings is 2. The molecule has 0 spiro atoms. The van der Waals surface area contributed by atoms with Crippen molar-refractivity contribution in [3.63, 3.8) is 0 Å². The highest BCUT2D eigenvalue weighted by molar-refractivity contribution is 5.96. The molecule has 10 nitrogen and oxygen atoms in total. The number of hydrogen-bond acceptors (Lipinski definition) is 7. The van der Waals surface area contributed by atoms with Gasteiger partial charge in [0, 0.05) is 30.1 Å². The number of hydrogen-bond donors (Lipinski definition) is 0. The Kier molecular flexibility index (Phi) is 6.03. The van der Waals surface area contributed by atoms with Gasteiger partial charge in [0.2, 0.25) is 5.88 Å². The molecule has 5 heterocycles. The van der Waals surface area contributed by atoms with E-state index in [2.05, 4.69) is 25.3 Å². The number of aryl methyl sites for hydroxylation is 1. The predicted molar refractivity (Wildman–Crippen MR) is 125 cm³/mol. The van der Waals surface area contributed by atoms with Gasteiger partial charge in [-0.05, 0) is 44.4 Å². The monoisotopic (exact) mass is 458 g/mol. The van der Waals surface area contributed by atoms with Crippen LogP contribution in [-0.2, 0) is 6.54 Å². The zero-order valence-electron chi connectivity index (χ0n) is 19.2. The van der Waals surface area contributed by atoms with Crippen molar-refractivity contribution in [3.8, 4) is 22.8 Å². The lowest BCUT2D eigenvalue weighted by Crippen LogP contribution is -2.46. The summed E-state index contributed by atoms with van der Waals surface area (Å²) in [4.78, 5) is 26.1. The van der Waals surface area contributed by atoms with E-state index in [1.165, 1.54) is 4.80 Å². The molecule has 1 aliphatic rings. The van der Waals surface area contributed by atoms with Gasteiger partial charge >= 0.3 is 0 Å². The maximum atomic E-state index is 13.7. The zero-order valence-corrected chi connectivity index (χ0v) is 19.2. The zero-order chi connectivity index (χ0) is 23.5. The van der Waals surface area contributed by atoms with Gasteiger partial charge in [-0.3, -0.25) is 9.48 Å². The van der Waals surface area contributed by atoms with Gasteiger partial charge in [-0.25, -0.2) is 9.97 Å². The normalized spacial score (nSPS) is 15.9. The van der Waals surface area contributed by atoms with E-state index >= 15 is 0 Å². The fraction of sp³-hybridized carbons (Fsp3) is 0.333.